The quantitative estimate of drug-likeness (QED) is 0.677. The second-order valence-electron chi connectivity index (χ2n) is 4.24. The minimum absolute atomic E-state index is 0.0419. The van der Waals surface area contributed by atoms with E-state index in [1.165, 1.54) is 4.31 Å². The lowest BCUT2D eigenvalue weighted by Crippen LogP contribution is -2.47. The van der Waals surface area contributed by atoms with Crippen LogP contribution in [0.2, 0.25) is 0 Å². The van der Waals surface area contributed by atoms with Crippen LogP contribution in [0, 0.1) is 0 Å². The largest absolute Gasteiger partial charge is 0.378 e. The van der Waals surface area contributed by atoms with Crippen molar-refractivity contribution in [3.8, 4) is 0 Å². The molecule has 17 heavy (non-hydrogen) atoms. The first-order valence-corrected chi connectivity index (χ1v) is 8.45. The highest BCUT2D eigenvalue weighted by atomic mass is 79.9. The van der Waals surface area contributed by atoms with Crippen molar-refractivity contribution in [2.24, 2.45) is 0 Å². The van der Waals surface area contributed by atoms with E-state index in [1.807, 2.05) is 13.8 Å². The molecule has 1 saturated heterocycles. The van der Waals surface area contributed by atoms with Gasteiger partial charge >= 0.3 is 0 Å². The number of alkyl halides is 1. The van der Waals surface area contributed by atoms with Gasteiger partial charge in [-0.05, 0) is 13.8 Å². The third-order valence-corrected chi connectivity index (χ3v) is 4.98. The lowest BCUT2D eigenvalue weighted by molar-refractivity contribution is 0.0132. The smallest absolute Gasteiger partial charge is 0.216 e. The number of halogens is 1. The van der Waals surface area contributed by atoms with Crippen LogP contribution in [-0.2, 0) is 19.5 Å². The molecule has 0 amide bonds. The van der Waals surface area contributed by atoms with Gasteiger partial charge in [0, 0.05) is 18.4 Å². The normalized spacial score (nSPS) is 23.2. The fourth-order valence-corrected chi connectivity index (χ4v) is 3.26. The maximum atomic E-state index is 12.0. The van der Waals surface area contributed by atoms with Gasteiger partial charge in [0.25, 0.3) is 0 Å². The van der Waals surface area contributed by atoms with Crippen molar-refractivity contribution < 1.29 is 17.9 Å². The summed E-state index contributed by atoms with van der Waals surface area (Å²) in [6.07, 6.45) is 0.00900. The predicted molar refractivity (Wildman–Crippen MR) is 70.0 cm³/mol. The van der Waals surface area contributed by atoms with Gasteiger partial charge in [-0.1, -0.05) is 15.9 Å². The molecule has 0 saturated carbocycles. The molecule has 0 aromatic carbocycles. The molecule has 0 aromatic heterocycles. The van der Waals surface area contributed by atoms with Crippen LogP contribution in [0.1, 0.15) is 13.8 Å². The Morgan fingerprint density at radius 1 is 1.53 bits per heavy atom. The Kier molecular flexibility index (Phi) is 6.36. The lowest BCUT2D eigenvalue weighted by Gasteiger charge is -2.31. The average molecular weight is 330 g/mol. The van der Waals surface area contributed by atoms with E-state index in [0.29, 0.717) is 25.0 Å². The average Bonchev–Trinajstić information content (AvgIpc) is 2.28. The molecular formula is C10H20BrNO4S. The molecule has 1 rings (SSSR count). The van der Waals surface area contributed by atoms with Gasteiger partial charge in [0.2, 0.25) is 10.0 Å². The highest BCUT2D eigenvalue weighted by molar-refractivity contribution is 9.09. The first-order valence-electron chi connectivity index (χ1n) is 5.72. The van der Waals surface area contributed by atoms with E-state index in [-0.39, 0.29) is 24.6 Å². The first kappa shape index (κ1) is 15.4. The lowest BCUT2D eigenvalue weighted by atomic mass is 10.3. The van der Waals surface area contributed by atoms with Crippen LogP contribution in [0.15, 0.2) is 0 Å². The molecule has 1 heterocycles. The zero-order valence-electron chi connectivity index (χ0n) is 10.3. The fraction of sp³-hybridized carbons (Fsp3) is 1.00. The van der Waals surface area contributed by atoms with Gasteiger partial charge in [-0.3, -0.25) is 0 Å². The molecule has 5 nitrogen and oxygen atoms in total. The predicted octanol–water partition coefficient (Wildman–Crippen LogP) is 0.837. The van der Waals surface area contributed by atoms with E-state index in [1.54, 1.807) is 0 Å². The Morgan fingerprint density at radius 2 is 2.24 bits per heavy atom. The summed E-state index contributed by atoms with van der Waals surface area (Å²) in [6.45, 7) is 5.35. The summed E-state index contributed by atoms with van der Waals surface area (Å²) in [6, 6.07) is 0. The number of rotatable bonds is 6. The van der Waals surface area contributed by atoms with E-state index >= 15 is 0 Å². The van der Waals surface area contributed by atoms with Crippen LogP contribution in [0.3, 0.4) is 0 Å². The van der Waals surface area contributed by atoms with E-state index in [2.05, 4.69) is 15.9 Å². The third kappa shape index (κ3) is 5.21. The molecule has 1 aliphatic heterocycles. The Labute approximate surface area is 112 Å². The number of hydrogen-bond acceptors (Lipinski definition) is 4. The van der Waals surface area contributed by atoms with Gasteiger partial charge in [-0.2, -0.15) is 4.31 Å². The van der Waals surface area contributed by atoms with Crippen LogP contribution in [0.5, 0.6) is 0 Å². The third-order valence-electron chi connectivity index (χ3n) is 2.46. The van der Waals surface area contributed by atoms with E-state index in [0.717, 1.165) is 0 Å². The molecule has 0 N–H and O–H groups in total. The van der Waals surface area contributed by atoms with E-state index in [4.69, 9.17) is 9.47 Å². The zero-order chi connectivity index (χ0) is 12.9. The SMILES string of the molecule is CC(C)OCCS(=O)(=O)N1CCOC(CBr)C1. The van der Waals surface area contributed by atoms with Crippen molar-refractivity contribution in [1.29, 1.82) is 0 Å². The molecule has 1 fully saturated rings. The van der Waals surface area contributed by atoms with Gasteiger partial charge in [0.05, 0.1) is 31.2 Å². The summed E-state index contributed by atoms with van der Waals surface area (Å²) in [7, 11) is -3.21. The van der Waals surface area contributed by atoms with Gasteiger partial charge in [0.15, 0.2) is 0 Å². The summed E-state index contributed by atoms with van der Waals surface area (Å²) in [4.78, 5) is 0. The molecule has 7 heteroatoms. The molecule has 1 aliphatic rings. The van der Waals surface area contributed by atoms with Crippen molar-refractivity contribution in [3.05, 3.63) is 0 Å². The van der Waals surface area contributed by atoms with Crippen molar-refractivity contribution in [2.75, 3.05) is 37.4 Å². The highest BCUT2D eigenvalue weighted by Gasteiger charge is 2.28. The number of sulfonamides is 1. The fourth-order valence-electron chi connectivity index (χ4n) is 1.56. The Balaban J connectivity index is 2.46. The van der Waals surface area contributed by atoms with Crippen molar-refractivity contribution in [1.82, 2.24) is 4.31 Å². The standard InChI is InChI=1S/C10H20BrNO4S/c1-9(2)15-5-6-17(13,14)12-3-4-16-10(7-11)8-12/h9-10H,3-8H2,1-2H3. The molecule has 1 atom stereocenters. The molecule has 0 bridgehead atoms. The van der Waals surface area contributed by atoms with Gasteiger partial charge in [-0.25, -0.2) is 8.42 Å². The van der Waals surface area contributed by atoms with E-state index < -0.39 is 10.0 Å². The van der Waals surface area contributed by atoms with E-state index in [9.17, 15) is 8.42 Å². The second kappa shape index (κ2) is 7.04. The topological polar surface area (TPSA) is 55.8 Å². The van der Waals surface area contributed by atoms with Crippen molar-refractivity contribution in [3.63, 3.8) is 0 Å². The molecule has 1 unspecified atom stereocenters. The summed E-state index contributed by atoms with van der Waals surface area (Å²) >= 11 is 3.31. The maximum Gasteiger partial charge on any atom is 0.216 e. The van der Waals surface area contributed by atoms with Crippen LogP contribution < -0.4 is 0 Å². The monoisotopic (exact) mass is 329 g/mol. The molecular weight excluding hydrogens is 310 g/mol. The molecule has 102 valence electrons. The van der Waals surface area contributed by atoms with Crippen LogP contribution in [-0.4, -0.2) is 62.3 Å². The number of nitrogens with zero attached hydrogens (tertiary/aromatic N) is 1. The number of hydrogen-bond donors (Lipinski definition) is 0. The first-order chi connectivity index (χ1) is 7.95. The summed E-state index contributed by atoms with van der Waals surface area (Å²) in [5.41, 5.74) is 0. The van der Waals surface area contributed by atoms with Crippen molar-refractivity contribution in [2.45, 2.75) is 26.1 Å². The Morgan fingerprint density at radius 3 is 2.82 bits per heavy atom. The maximum absolute atomic E-state index is 12.0. The minimum atomic E-state index is -3.21. The summed E-state index contributed by atoms with van der Waals surface area (Å²) in [5, 5.41) is 0.654. The van der Waals surface area contributed by atoms with Crippen molar-refractivity contribution >= 4 is 26.0 Å². The zero-order valence-corrected chi connectivity index (χ0v) is 12.7. The summed E-state index contributed by atoms with van der Waals surface area (Å²) in [5.74, 6) is 0.0419. The Bertz CT molecular complexity index is 320. The van der Waals surface area contributed by atoms with Gasteiger partial charge in [0.1, 0.15) is 0 Å². The second-order valence-corrected chi connectivity index (χ2v) is 6.98. The van der Waals surface area contributed by atoms with Gasteiger partial charge < -0.3 is 9.47 Å². The highest BCUT2D eigenvalue weighted by Crippen LogP contribution is 2.12. The molecule has 0 radical (unpaired) electrons. The van der Waals surface area contributed by atoms with Crippen LogP contribution in [0.4, 0.5) is 0 Å². The summed E-state index contributed by atoms with van der Waals surface area (Å²) < 4.78 is 36.2. The number of morpholine rings is 1. The number of ether oxygens (including phenoxy) is 2. The molecule has 0 aromatic rings. The molecule has 0 aliphatic carbocycles. The van der Waals surface area contributed by atoms with Crippen LogP contribution >= 0.6 is 15.9 Å². The van der Waals surface area contributed by atoms with Gasteiger partial charge in [-0.15, -0.1) is 0 Å². The molecule has 0 spiro atoms. The Hall–Kier alpha value is 0.310. The minimum Gasteiger partial charge on any atom is -0.378 e. The van der Waals surface area contributed by atoms with Crippen LogP contribution in [0.25, 0.3) is 0 Å².